The summed E-state index contributed by atoms with van der Waals surface area (Å²) in [7, 11) is 1.77. The van der Waals surface area contributed by atoms with Gasteiger partial charge in [0.1, 0.15) is 5.75 Å². The molecule has 1 amide bonds. The molecular weight excluding hydrogens is 254 g/mol. The van der Waals surface area contributed by atoms with Crippen LogP contribution in [0.2, 0.25) is 0 Å². The first kappa shape index (κ1) is 12.2. The molecule has 0 aliphatic heterocycles. The number of phenols is 1. The van der Waals surface area contributed by atoms with Crippen LogP contribution < -0.4 is 5.32 Å². The van der Waals surface area contributed by atoms with Crippen molar-refractivity contribution in [1.82, 2.24) is 9.78 Å². The fourth-order valence-electron chi connectivity index (χ4n) is 2.12. The lowest BCUT2D eigenvalue weighted by Gasteiger charge is -2.07. The summed E-state index contributed by atoms with van der Waals surface area (Å²) in [5.74, 6) is -0.370. The van der Waals surface area contributed by atoms with Gasteiger partial charge >= 0.3 is 0 Å². The minimum Gasteiger partial charge on any atom is -0.506 e. The van der Waals surface area contributed by atoms with E-state index in [-0.39, 0.29) is 17.2 Å². The molecule has 3 rings (SSSR count). The first-order valence-corrected chi connectivity index (χ1v) is 6.16. The molecule has 20 heavy (non-hydrogen) atoms. The standard InChI is InChI=1S/C15H13N3O2/c1-18-9-11(8-16-18)17-15(20)13-7-6-10-4-2-3-5-12(10)14(13)19/h2-9,19H,1H3,(H,17,20). The van der Waals surface area contributed by atoms with E-state index < -0.39 is 0 Å². The molecule has 5 heteroatoms. The molecule has 0 aliphatic rings. The van der Waals surface area contributed by atoms with Gasteiger partial charge in [-0.15, -0.1) is 0 Å². The van der Waals surface area contributed by atoms with Gasteiger partial charge < -0.3 is 10.4 Å². The summed E-state index contributed by atoms with van der Waals surface area (Å²) in [6, 6.07) is 10.8. The lowest BCUT2D eigenvalue weighted by Crippen LogP contribution is -2.11. The molecule has 0 fully saturated rings. The summed E-state index contributed by atoms with van der Waals surface area (Å²) in [6.07, 6.45) is 3.24. The van der Waals surface area contributed by atoms with Gasteiger partial charge in [0.2, 0.25) is 0 Å². The molecule has 0 saturated heterocycles. The number of carbonyl (C=O) groups is 1. The molecule has 100 valence electrons. The predicted octanol–water partition coefficient (Wildman–Crippen LogP) is 2.53. The van der Waals surface area contributed by atoms with E-state index in [4.69, 9.17) is 0 Å². The zero-order valence-electron chi connectivity index (χ0n) is 10.9. The maximum Gasteiger partial charge on any atom is 0.259 e. The number of phenolic OH excluding ortho intramolecular Hbond substituents is 1. The number of aryl methyl sites for hydroxylation is 1. The summed E-state index contributed by atoms with van der Waals surface area (Å²) < 4.78 is 1.59. The highest BCUT2D eigenvalue weighted by atomic mass is 16.3. The number of rotatable bonds is 2. The third-order valence-corrected chi connectivity index (χ3v) is 3.11. The number of amides is 1. The smallest absolute Gasteiger partial charge is 0.259 e. The number of aromatic nitrogens is 2. The van der Waals surface area contributed by atoms with Gasteiger partial charge in [-0.2, -0.15) is 5.10 Å². The van der Waals surface area contributed by atoms with Gasteiger partial charge in [0.25, 0.3) is 5.91 Å². The summed E-state index contributed by atoms with van der Waals surface area (Å²) >= 11 is 0. The van der Waals surface area contributed by atoms with Crippen LogP contribution >= 0.6 is 0 Å². The Kier molecular flexibility index (Phi) is 2.87. The Morgan fingerprint density at radius 2 is 2.05 bits per heavy atom. The van der Waals surface area contributed by atoms with E-state index in [2.05, 4.69) is 10.4 Å². The first-order valence-electron chi connectivity index (χ1n) is 6.16. The molecule has 2 aromatic carbocycles. The Bertz CT molecular complexity index is 793. The highest BCUT2D eigenvalue weighted by molar-refractivity contribution is 6.09. The number of nitrogens with one attached hydrogen (secondary N) is 1. The number of fused-ring (bicyclic) bond motifs is 1. The van der Waals surface area contributed by atoms with Crippen LogP contribution in [0.5, 0.6) is 5.75 Å². The predicted molar refractivity (Wildman–Crippen MR) is 76.8 cm³/mol. The van der Waals surface area contributed by atoms with Crippen molar-refractivity contribution in [2.45, 2.75) is 0 Å². The molecule has 0 saturated carbocycles. The van der Waals surface area contributed by atoms with Crippen molar-refractivity contribution < 1.29 is 9.90 Å². The monoisotopic (exact) mass is 267 g/mol. The highest BCUT2D eigenvalue weighted by Crippen LogP contribution is 2.29. The van der Waals surface area contributed by atoms with Gasteiger partial charge in [-0.25, -0.2) is 0 Å². The molecule has 3 aromatic rings. The third kappa shape index (κ3) is 2.09. The molecule has 0 aliphatic carbocycles. The summed E-state index contributed by atoms with van der Waals surface area (Å²) in [5.41, 5.74) is 0.831. The first-order chi connectivity index (χ1) is 9.65. The van der Waals surface area contributed by atoms with Crippen LogP contribution in [0.1, 0.15) is 10.4 Å². The Morgan fingerprint density at radius 1 is 1.25 bits per heavy atom. The Morgan fingerprint density at radius 3 is 2.80 bits per heavy atom. The van der Waals surface area contributed by atoms with Crippen LogP contribution in [0, 0.1) is 0 Å². The number of benzene rings is 2. The van der Waals surface area contributed by atoms with Gasteiger partial charge in [0.05, 0.1) is 17.4 Å². The fourth-order valence-corrected chi connectivity index (χ4v) is 2.12. The van der Waals surface area contributed by atoms with Crippen LogP contribution in [0.15, 0.2) is 48.8 Å². The number of anilines is 1. The van der Waals surface area contributed by atoms with E-state index >= 15 is 0 Å². The van der Waals surface area contributed by atoms with E-state index in [1.807, 2.05) is 24.3 Å². The van der Waals surface area contributed by atoms with Crippen LogP contribution in [-0.4, -0.2) is 20.8 Å². The SMILES string of the molecule is Cn1cc(NC(=O)c2ccc3ccccc3c2O)cn1. The van der Waals surface area contributed by atoms with Crippen LogP contribution in [0.25, 0.3) is 10.8 Å². The Balaban J connectivity index is 1.97. The molecule has 1 aromatic heterocycles. The minimum absolute atomic E-state index is 0.00973. The number of hydrogen-bond acceptors (Lipinski definition) is 3. The second-order valence-electron chi connectivity index (χ2n) is 4.54. The topological polar surface area (TPSA) is 67.2 Å². The van der Waals surface area contributed by atoms with Crippen molar-refractivity contribution in [1.29, 1.82) is 0 Å². The summed E-state index contributed by atoms with van der Waals surface area (Å²) in [6.45, 7) is 0. The van der Waals surface area contributed by atoms with Crippen LogP contribution in [0.4, 0.5) is 5.69 Å². The lowest BCUT2D eigenvalue weighted by atomic mass is 10.0. The molecule has 0 unspecified atom stereocenters. The number of nitrogens with zero attached hydrogens (tertiary/aromatic N) is 2. The Labute approximate surface area is 115 Å². The fraction of sp³-hybridized carbons (Fsp3) is 0.0667. The number of aromatic hydroxyl groups is 1. The molecule has 0 radical (unpaired) electrons. The van der Waals surface area contributed by atoms with Crippen LogP contribution in [-0.2, 0) is 7.05 Å². The second-order valence-corrected chi connectivity index (χ2v) is 4.54. The van der Waals surface area contributed by atoms with E-state index in [0.717, 1.165) is 5.39 Å². The maximum atomic E-state index is 12.2. The Hall–Kier alpha value is -2.82. The zero-order chi connectivity index (χ0) is 14.1. The third-order valence-electron chi connectivity index (χ3n) is 3.11. The van der Waals surface area contributed by atoms with E-state index in [1.165, 1.54) is 0 Å². The number of hydrogen-bond donors (Lipinski definition) is 2. The van der Waals surface area contributed by atoms with Crippen LogP contribution in [0.3, 0.4) is 0 Å². The van der Waals surface area contributed by atoms with Gasteiger partial charge in [-0.3, -0.25) is 9.48 Å². The highest BCUT2D eigenvalue weighted by Gasteiger charge is 2.14. The zero-order valence-corrected chi connectivity index (χ0v) is 10.9. The average molecular weight is 267 g/mol. The molecule has 5 nitrogen and oxygen atoms in total. The van der Waals surface area contributed by atoms with Gasteiger partial charge in [0, 0.05) is 18.6 Å². The lowest BCUT2D eigenvalue weighted by molar-refractivity contribution is 0.102. The minimum atomic E-state index is -0.360. The van der Waals surface area contributed by atoms with Crippen molar-refractivity contribution >= 4 is 22.4 Å². The van der Waals surface area contributed by atoms with Crippen molar-refractivity contribution in [3.8, 4) is 5.75 Å². The van der Waals surface area contributed by atoms with Gasteiger partial charge in [-0.05, 0) is 11.5 Å². The molecule has 2 N–H and O–H groups in total. The van der Waals surface area contributed by atoms with Crippen molar-refractivity contribution in [2.75, 3.05) is 5.32 Å². The number of carbonyl (C=O) groups excluding carboxylic acids is 1. The molecular formula is C15H13N3O2. The van der Waals surface area contributed by atoms with Gasteiger partial charge in [0.15, 0.2) is 0 Å². The normalized spacial score (nSPS) is 10.7. The quantitative estimate of drug-likeness (QED) is 0.749. The molecule has 1 heterocycles. The summed E-state index contributed by atoms with van der Waals surface area (Å²) in [5, 5.41) is 18.4. The van der Waals surface area contributed by atoms with Gasteiger partial charge in [-0.1, -0.05) is 30.3 Å². The van der Waals surface area contributed by atoms with Crippen molar-refractivity contribution in [3.63, 3.8) is 0 Å². The van der Waals surface area contributed by atoms with Crippen molar-refractivity contribution in [3.05, 3.63) is 54.4 Å². The largest absolute Gasteiger partial charge is 0.506 e. The van der Waals surface area contributed by atoms with E-state index in [0.29, 0.717) is 11.1 Å². The average Bonchev–Trinajstić information content (AvgIpc) is 2.84. The second kappa shape index (κ2) is 4.70. The molecule has 0 bridgehead atoms. The van der Waals surface area contributed by atoms with Crippen molar-refractivity contribution in [2.24, 2.45) is 7.05 Å². The molecule has 0 spiro atoms. The molecule has 0 atom stereocenters. The maximum absolute atomic E-state index is 12.2. The van der Waals surface area contributed by atoms with E-state index in [1.54, 1.807) is 36.3 Å². The van der Waals surface area contributed by atoms with E-state index in [9.17, 15) is 9.90 Å². The summed E-state index contributed by atoms with van der Waals surface area (Å²) in [4.78, 5) is 12.2.